The zero-order chi connectivity index (χ0) is 14.7. The first-order valence-electron chi connectivity index (χ1n) is 7.10. The molecule has 1 saturated heterocycles. The molecule has 0 unspecified atom stereocenters. The number of rotatable bonds is 3. The molecule has 0 radical (unpaired) electrons. The largest absolute Gasteiger partial charge is 0.373 e. The second kappa shape index (κ2) is 6.22. The molecule has 21 heavy (non-hydrogen) atoms. The van der Waals surface area contributed by atoms with Gasteiger partial charge >= 0.3 is 0 Å². The summed E-state index contributed by atoms with van der Waals surface area (Å²) in [7, 11) is 1.87. The quantitative estimate of drug-likeness (QED) is 0.947. The number of carbonyl (C=O) groups is 1. The Morgan fingerprint density at radius 3 is 3.14 bits per heavy atom. The zero-order valence-corrected chi connectivity index (χ0v) is 12.8. The number of carbonyl (C=O) groups excluding carboxylic acids is 1. The molecule has 6 heteroatoms. The summed E-state index contributed by atoms with van der Waals surface area (Å²) in [5.41, 5.74) is 2.76. The Bertz CT molecular complexity index is 614. The Kier molecular flexibility index (Phi) is 4.15. The molecule has 1 amide bonds. The Hall–Kier alpha value is -1.95. The molecule has 0 aromatic carbocycles. The van der Waals surface area contributed by atoms with E-state index >= 15 is 0 Å². The first-order valence-corrected chi connectivity index (χ1v) is 7.98. The number of hydrogen-bond donors (Lipinski definition) is 1. The van der Waals surface area contributed by atoms with E-state index in [-0.39, 0.29) is 5.91 Å². The summed E-state index contributed by atoms with van der Waals surface area (Å²) >= 11 is 1.40. The first-order chi connectivity index (χ1) is 10.3. The van der Waals surface area contributed by atoms with Crippen LogP contribution in [0.3, 0.4) is 0 Å². The van der Waals surface area contributed by atoms with Crippen molar-refractivity contribution in [3.63, 3.8) is 0 Å². The number of pyridine rings is 1. The van der Waals surface area contributed by atoms with Crippen LogP contribution < -0.4 is 5.32 Å². The Balaban J connectivity index is 1.75. The number of nitrogens with zero attached hydrogens (tertiary/aromatic N) is 3. The van der Waals surface area contributed by atoms with E-state index in [1.165, 1.54) is 11.3 Å². The lowest BCUT2D eigenvalue weighted by Gasteiger charge is -2.32. The van der Waals surface area contributed by atoms with Gasteiger partial charge < -0.3 is 10.2 Å². The molecule has 1 aliphatic heterocycles. The Labute approximate surface area is 128 Å². The highest BCUT2D eigenvalue weighted by molar-refractivity contribution is 7.11. The van der Waals surface area contributed by atoms with E-state index in [1.54, 1.807) is 11.7 Å². The van der Waals surface area contributed by atoms with Crippen LogP contribution >= 0.6 is 11.3 Å². The summed E-state index contributed by atoms with van der Waals surface area (Å²) in [6.07, 6.45) is 3.74. The summed E-state index contributed by atoms with van der Waals surface area (Å²) in [6.45, 7) is 1.55. The average Bonchev–Trinajstić information content (AvgIpc) is 3.09. The van der Waals surface area contributed by atoms with Gasteiger partial charge in [-0.3, -0.25) is 9.78 Å². The highest BCUT2D eigenvalue weighted by atomic mass is 32.1. The van der Waals surface area contributed by atoms with Crippen LogP contribution in [0, 0.1) is 0 Å². The number of thiazole rings is 1. The summed E-state index contributed by atoms with van der Waals surface area (Å²) in [5.74, 6) is 1.27. The smallest absolute Gasteiger partial charge is 0.265 e. The highest BCUT2D eigenvalue weighted by Crippen LogP contribution is 2.27. The molecule has 0 saturated carbocycles. The van der Waals surface area contributed by atoms with E-state index < -0.39 is 0 Å². The van der Waals surface area contributed by atoms with Crippen LogP contribution in [-0.4, -0.2) is 40.9 Å². The van der Waals surface area contributed by atoms with Gasteiger partial charge in [-0.1, -0.05) is 6.07 Å². The fraction of sp³-hybridized carbons (Fsp3) is 0.400. The Morgan fingerprint density at radius 2 is 2.38 bits per heavy atom. The normalized spacial score (nSPS) is 18.5. The molecule has 1 atom stereocenters. The van der Waals surface area contributed by atoms with E-state index in [1.807, 2.05) is 30.1 Å². The molecule has 0 bridgehead atoms. The maximum atomic E-state index is 12.4. The second-order valence-electron chi connectivity index (χ2n) is 5.15. The van der Waals surface area contributed by atoms with Crippen LogP contribution in [0.5, 0.6) is 0 Å². The summed E-state index contributed by atoms with van der Waals surface area (Å²) in [6, 6.07) is 6.01. The van der Waals surface area contributed by atoms with Crippen molar-refractivity contribution in [2.24, 2.45) is 0 Å². The minimum absolute atomic E-state index is 0.0898. The third kappa shape index (κ3) is 3.05. The second-order valence-corrected chi connectivity index (χ2v) is 6.04. The number of anilines is 1. The van der Waals surface area contributed by atoms with Crippen LogP contribution in [0.25, 0.3) is 0 Å². The SMILES string of the molecule is CNc1cccc([C@@H]2CCCN(C(=O)c3cncs3)C2)n1. The predicted octanol–water partition coefficient (Wildman–Crippen LogP) is 2.60. The molecule has 2 aromatic heterocycles. The lowest BCUT2D eigenvalue weighted by atomic mass is 9.94. The third-order valence-electron chi connectivity index (χ3n) is 3.80. The number of piperidine rings is 1. The zero-order valence-electron chi connectivity index (χ0n) is 12.0. The van der Waals surface area contributed by atoms with E-state index in [0.29, 0.717) is 10.8 Å². The van der Waals surface area contributed by atoms with Gasteiger partial charge in [0.05, 0.1) is 11.7 Å². The summed E-state index contributed by atoms with van der Waals surface area (Å²) in [4.78, 5) is 23.7. The molecule has 3 rings (SSSR count). The molecule has 5 nitrogen and oxygen atoms in total. The van der Waals surface area contributed by atoms with Crippen molar-refractivity contribution in [1.29, 1.82) is 0 Å². The molecule has 0 aliphatic carbocycles. The van der Waals surface area contributed by atoms with Crippen LogP contribution in [0.4, 0.5) is 5.82 Å². The van der Waals surface area contributed by atoms with Gasteiger partial charge in [0.15, 0.2) is 0 Å². The molecule has 0 spiro atoms. The van der Waals surface area contributed by atoms with Crippen molar-refractivity contribution in [3.05, 3.63) is 40.5 Å². The third-order valence-corrected chi connectivity index (χ3v) is 4.56. The molecular weight excluding hydrogens is 284 g/mol. The van der Waals surface area contributed by atoms with Crippen molar-refractivity contribution in [1.82, 2.24) is 14.9 Å². The standard InChI is InChI=1S/C15H18N4OS/c1-16-14-6-2-5-12(18-14)11-4-3-7-19(9-11)15(20)13-8-17-10-21-13/h2,5-6,8,10-11H,3-4,7,9H2,1H3,(H,16,18)/t11-/m1/s1. The van der Waals surface area contributed by atoms with Crippen LogP contribution in [-0.2, 0) is 0 Å². The van der Waals surface area contributed by atoms with Crippen molar-refractivity contribution >= 4 is 23.1 Å². The van der Waals surface area contributed by atoms with E-state index in [9.17, 15) is 4.79 Å². The highest BCUT2D eigenvalue weighted by Gasteiger charge is 2.26. The fourth-order valence-electron chi connectivity index (χ4n) is 2.70. The van der Waals surface area contributed by atoms with E-state index in [4.69, 9.17) is 0 Å². The van der Waals surface area contributed by atoms with Gasteiger partial charge in [0, 0.05) is 31.7 Å². The van der Waals surface area contributed by atoms with Gasteiger partial charge in [-0.2, -0.15) is 0 Å². The lowest BCUT2D eigenvalue weighted by molar-refractivity contribution is 0.0710. The molecule has 1 fully saturated rings. The maximum absolute atomic E-state index is 12.4. The summed E-state index contributed by atoms with van der Waals surface area (Å²) < 4.78 is 0. The molecule has 1 N–H and O–H groups in total. The monoisotopic (exact) mass is 302 g/mol. The lowest BCUT2D eigenvalue weighted by Crippen LogP contribution is -2.39. The molecule has 3 heterocycles. The number of aromatic nitrogens is 2. The van der Waals surface area contributed by atoms with Crippen molar-refractivity contribution in [2.45, 2.75) is 18.8 Å². The fourth-order valence-corrected chi connectivity index (χ4v) is 3.29. The summed E-state index contributed by atoms with van der Waals surface area (Å²) in [5, 5.41) is 3.06. The van der Waals surface area contributed by atoms with Gasteiger partial charge in [-0.05, 0) is 25.0 Å². The maximum Gasteiger partial charge on any atom is 0.265 e. The number of likely N-dealkylation sites (tertiary alicyclic amines) is 1. The van der Waals surface area contributed by atoms with Gasteiger partial charge in [-0.25, -0.2) is 4.98 Å². The number of nitrogens with one attached hydrogen (secondary N) is 1. The van der Waals surface area contributed by atoms with Crippen molar-refractivity contribution < 1.29 is 4.79 Å². The first kappa shape index (κ1) is 14.0. The average molecular weight is 302 g/mol. The van der Waals surface area contributed by atoms with Gasteiger partial charge in [0.2, 0.25) is 0 Å². The molecule has 2 aromatic rings. The van der Waals surface area contributed by atoms with Crippen LogP contribution in [0.15, 0.2) is 29.9 Å². The number of hydrogen-bond acceptors (Lipinski definition) is 5. The minimum atomic E-state index is 0.0898. The van der Waals surface area contributed by atoms with E-state index in [0.717, 1.165) is 37.4 Å². The van der Waals surface area contributed by atoms with Crippen LogP contribution in [0.1, 0.15) is 34.1 Å². The van der Waals surface area contributed by atoms with Crippen LogP contribution in [0.2, 0.25) is 0 Å². The topological polar surface area (TPSA) is 58.1 Å². The molecular formula is C15H18N4OS. The Morgan fingerprint density at radius 1 is 1.48 bits per heavy atom. The molecule has 1 aliphatic rings. The number of amides is 1. The van der Waals surface area contributed by atoms with Crippen molar-refractivity contribution in [3.8, 4) is 0 Å². The predicted molar refractivity (Wildman–Crippen MR) is 83.8 cm³/mol. The van der Waals surface area contributed by atoms with E-state index in [2.05, 4.69) is 15.3 Å². The van der Waals surface area contributed by atoms with Gasteiger partial charge in [0.25, 0.3) is 5.91 Å². The van der Waals surface area contributed by atoms with Crippen molar-refractivity contribution in [2.75, 3.05) is 25.5 Å². The molecule has 110 valence electrons. The van der Waals surface area contributed by atoms with Gasteiger partial charge in [-0.15, -0.1) is 11.3 Å². The van der Waals surface area contributed by atoms with Gasteiger partial charge in [0.1, 0.15) is 10.7 Å². The minimum Gasteiger partial charge on any atom is -0.373 e.